The maximum atomic E-state index is 6.25. The molecule has 2 aromatic carbocycles. The van der Waals surface area contributed by atoms with Crippen molar-refractivity contribution in [3.8, 4) is 5.75 Å². The second-order valence-electron chi connectivity index (χ2n) is 8.93. The summed E-state index contributed by atoms with van der Waals surface area (Å²) >= 11 is 0. The normalized spacial score (nSPS) is 15.9. The first-order valence-electron chi connectivity index (χ1n) is 11.5. The number of fused-ring (bicyclic) bond motifs is 1. The van der Waals surface area contributed by atoms with Crippen LogP contribution in [0.2, 0.25) is 0 Å². The van der Waals surface area contributed by atoms with Gasteiger partial charge in [0.25, 0.3) is 0 Å². The third kappa shape index (κ3) is 4.39. The number of rotatable bonds is 8. The van der Waals surface area contributed by atoms with Crippen molar-refractivity contribution < 1.29 is 4.74 Å². The van der Waals surface area contributed by atoms with E-state index in [2.05, 4.69) is 79.6 Å². The third-order valence-corrected chi connectivity index (χ3v) is 6.32. The van der Waals surface area contributed by atoms with Crippen LogP contribution in [0.15, 0.2) is 42.5 Å². The average molecular weight is 406 g/mol. The Morgan fingerprint density at radius 3 is 2.57 bits per heavy atom. The molecule has 4 nitrogen and oxygen atoms in total. The highest BCUT2D eigenvalue weighted by Gasteiger charge is 2.24. The molecule has 1 aromatic heterocycles. The van der Waals surface area contributed by atoms with E-state index in [4.69, 9.17) is 9.72 Å². The standard InChI is InChI=1S/C26H35N3O/c1-19(2)22-13-12-20(3)18-25(22)30-17-9-16-29-24-11-6-5-10-23(24)27-26(29)21(4)28-14-7-8-15-28/h5-6,10-13,18-19,21H,7-9,14-17H2,1-4H3. The molecule has 0 saturated carbocycles. The van der Waals surface area contributed by atoms with E-state index in [1.165, 1.54) is 48.4 Å². The maximum Gasteiger partial charge on any atom is 0.127 e. The topological polar surface area (TPSA) is 30.3 Å². The number of nitrogens with zero attached hydrogens (tertiary/aromatic N) is 3. The van der Waals surface area contributed by atoms with E-state index >= 15 is 0 Å². The first-order valence-corrected chi connectivity index (χ1v) is 11.5. The lowest BCUT2D eigenvalue weighted by Crippen LogP contribution is -2.26. The lowest BCUT2D eigenvalue weighted by Gasteiger charge is -2.24. The van der Waals surface area contributed by atoms with E-state index in [-0.39, 0.29) is 0 Å². The number of hydrogen-bond donors (Lipinski definition) is 0. The average Bonchev–Trinajstić information content (AvgIpc) is 3.39. The van der Waals surface area contributed by atoms with Crippen LogP contribution in [0.1, 0.15) is 68.9 Å². The zero-order valence-corrected chi connectivity index (χ0v) is 18.9. The fourth-order valence-electron chi connectivity index (χ4n) is 4.59. The lowest BCUT2D eigenvalue weighted by atomic mass is 10.0. The Hall–Kier alpha value is -2.33. The highest BCUT2D eigenvalue weighted by Crippen LogP contribution is 2.29. The van der Waals surface area contributed by atoms with Gasteiger partial charge in [-0.15, -0.1) is 0 Å². The molecule has 4 heteroatoms. The molecule has 1 saturated heterocycles. The molecule has 0 amide bonds. The molecular weight excluding hydrogens is 370 g/mol. The minimum Gasteiger partial charge on any atom is -0.493 e. The van der Waals surface area contributed by atoms with Crippen molar-refractivity contribution >= 4 is 11.0 Å². The van der Waals surface area contributed by atoms with Crippen molar-refractivity contribution in [1.29, 1.82) is 0 Å². The Balaban J connectivity index is 1.49. The van der Waals surface area contributed by atoms with E-state index in [0.717, 1.165) is 24.2 Å². The van der Waals surface area contributed by atoms with Gasteiger partial charge in [0.05, 0.1) is 23.7 Å². The van der Waals surface area contributed by atoms with E-state index in [0.29, 0.717) is 18.6 Å². The molecule has 30 heavy (non-hydrogen) atoms. The van der Waals surface area contributed by atoms with Crippen molar-refractivity contribution in [3.63, 3.8) is 0 Å². The summed E-state index contributed by atoms with van der Waals surface area (Å²) in [5.74, 6) is 2.69. The lowest BCUT2D eigenvalue weighted by molar-refractivity contribution is 0.245. The van der Waals surface area contributed by atoms with Gasteiger partial charge in [-0.3, -0.25) is 4.90 Å². The van der Waals surface area contributed by atoms with Gasteiger partial charge in [-0.25, -0.2) is 4.98 Å². The first kappa shape index (κ1) is 20.9. The monoisotopic (exact) mass is 405 g/mol. The minimum atomic E-state index is 0.352. The molecule has 0 bridgehead atoms. The van der Waals surface area contributed by atoms with Crippen LogP contribution in [0.3, 0.4) is 0 Å². The molecule has 0 spiro atoms. The van der Waals surface area contributed by atoms with Crippen LogP contribution in [-0.2, 0) is 6.54 Å². The Morgan fingerprint density at radius 1 is 1.03 bits per heavy atom. The SMILES string of the molecule is Cc1ccc(C(C)C)c(OCCCn2c(C(C)N3CCCC3)nc3ccccc32)c1. The summed E-state index contributed by atoms with van der Waals surface area (Å²) in [4.78, 5) is 7.59. The number of ether oxygens (including phenoxy) is 1. The van der Waals surface area contributed by atoms with Crippen molar-refractivity contribution in [2.24, 2.45) is 0 Å². The van der Waals surface area contributed by atoms with E-state index in [1.54, 1.807) is 0 Å². The highest BCUT2D eigenvalue weighted by molar-refractivity contribution is 5.76. The Bertz CT molecular complexity index is 985. The molecule has 160 valence electrons. The molecule has 1 fully saturated rings. The summed E-state index contributed by atoms with van der Waals surface area (Å²) in [5, 5.41) is 0. The summed E-state index contributed by atoms with van der Waals surface area (Å²) in [6, 6.07) is 15.4. The van der Waals surface area contributed by atoms with Gasteiger partial charge in [-0.2, -0.15) is 0 Å². The number of aryl methyl sites for hydroxylation is 2. The fourth-order valence-corrected chi connectivity index (χ4v) is 4.59. The third-order valence-electron chi connectivity index (χ3n) is 6.32. The summed E-state index contributed by atoms with van der Waals surface area (Å²) in [7, 11) is 0. The number of imidazole rings is 1. The Morgan fingerprint density at radius 2 is 1.80 bits per heavy atom. The summed E-state index contributed by atoms with van der Waals surface area (Å²) in [6.07, 6.45) is 3.56. The van der Waals surface area contributed by atoms with Gasteiger partial charge in [0, 0.05) is 6.54 Å². The zero-order valence-electron chi connectivity index (χ0n) is 18.9. The number of para-hydroxylation sites is 2. The molecule has 3 aromatic rings. The Labute approximate surface area is 180 Å². The largest absolute Gasteiger partial charge is 0.493 e. The van der Waals surface area contributed by atoms with Crippen LogP contribution >= 0.6 is 0 Å². The zero-order chi connectivity index (χ0) is 21.1. The van der Waals surface area contributed by atoms with Gasteiger partial charge < -0.3 is 9.30 Å². The molecule has 0 aliphatic carbocycles. The van der Waals surface area contributed by atoms with Crippen LogP contribution in [0.25, 0.3) is 11.0 Å². The molecule has 1 atom stereocenters. The van der Waals surface area contributed by atoms with Gasteiger partial charge in [0.2, 0.25) is 0 Å². The number of hydrogen-bond acceptors (Lipinski definition) is 3. The van der Waals surface area contributed by atoms with Gasteiger partial charge in [0.1, 0.15) is 11.6 Å². The van der Waals surface area contributed by atoms with Crippen LogP contribution in [0, 0.1) is 6.92 Å². The smallest absolute Gasteiger partial charge is 0.127 e. The molecule has 4 rings (SSSR count). The van der Waals surface area contributed by atoms with E-state index in [9.17, 15) is 0 Å². The van der Waals surface area contributed by atoms with Gasteiger partial charge >= 0.3 is 0 Å². The molecule has 0 N–H and O–H groups in total. The first-order chi connectivity index (χ1) is 14.5. The summed E-state index contributed by atoms with van der Waals surface area (Å²) in [5.41, 5.74) is 4.87. The predicted octanol–water partition coefficient (Wildman–Crippen LogP) is 6.09. The van der Waals surface area contributed by atoms with E-state index < -0.39 is 0 Å². The van der Waals surface area contributed by atoms with Crippen molar-refractivity contribution in [2.45, 2.75) is 65.5 Å². The van der Waals surface area contributed by atoms with Crippen LogP contribution in [-0.4, -0.2) is 34.1 Å². The molecule has 0 radical (unpaired) electrons. The van der Waals surface area contributed by atoms with Crippen LogP contribution in [0.4, 0.5) is 0 Å². The minimum absolute atomic E-state index is 0.352. The predicted molar refractivity (Wildman–Crippen MR) is 124 cm³/mol. The van der Waals surface area contributed by atoms with Crippen LogP contribution in [0.5, 0.6) is 5.75 Å². The van der Waals surface area contributed by atoms with Crippen molar-refractivity contribution in [1.82, 2.24) is 14.5 Å². The second-order valence-corrected chi connectivity index (χ2v) is 8.93. The number of likely N-dealkylation sites (tertiary alicyclic amines) is 1. The molecule has 1 aliphatic rings. The summed E-state index contributed by atoms with van der Waals surface area (Å²) < 4.78 is 8.66. The Kier molecular flexibility index (Phi) is 6.43. The fraction of sp³-hybridized carbons (Fsp3) is 0.500. The second kappa shape index (κ2) is 9.22. The van der Waals surface area contributed by atoms with Gasteiger partial charge in [-0.1, -0.05) is 38.1 Å². The van der Waals surface area contributed by atoms with E-state index in [1.807, 2.05) is 0 Å². The molecule has 1 aliphatic heterocycles. The summed E-state index contributed by atoms with van der Waals surface area (Å²) in [6.45, 7) is 12.9. The van der Waals surface area contributed by atoms with Crippen LogP contribution < -0.4 is 4.74 Å². The number of benzene rings is 2. The quantitative estimate of drug-likeness (QED) is 0.425. The molecule has 2 heterocycles. The maximum absolute atomic E-state index is 6.25. The highest BCUT2D eigenvalue weighted by atomic mass is 16.5. The van der Waals surface area contributed by atoms with Crippen molar-refractivity contribution in [3.05, 3.63) is 59.4 Å². The molecular formula is C26H35N3O. The van der Waals surface area contributed by atoms with Gasteiger partial charge in [0.15, 0.2) is 0 Å². The molecule has 1 unspecified atom stereocenters. The van der Waals surface area contributed by atoms with Gasteiger partial charge in [-0.05, 0) is 81.4 Å². The number of aromatic nitrogens is 2. The van der Waals surface area contributed by atoms with Crippen molar-refractivity contribution in [2.75, 3.05) is 19.7 Å².